The second-order valence-electron chi connectivity index (χ2n) is 6.55. The van der Waals surface area contributed by atoms with Crippen LogP contribution in [0.5, 0.6) is 17.5 Å². The number of esters is 2. The Kier molecular flexibility index (Phi) is 10.2. The van der Waals surface area contributed by atoms with E-state index in [1.807, 2.05) is 6.07 Å². The molecule has 186 valence electrons. The maximum Gasteiger partial charge on any atom is 0.392 e. The van der Waals surface area contributed by atoms with Gasteiger partial charge in [-0.25, -0.2) is 14.0 Å². The molecule has 0 saturated heterocycles. The van der Waals surface area contributed by atoms with E-state index in [0.29, 0.717) is 0 Å². The van der Waals surface area contributed by atoms with Crippen LogP contribution in [0.3, 0.4) is 0 Å². The molecule has 0 radical (unpaired) electrons. The molecular weight excluding hydrogens is 487 g/mol. The van der Waals surface area contributed by atoms with Crippen molar-refractivity contribution in [2.75, 3.05) is 26.1 Å². The van der Waals surface area contributed by atoms with Crippen LogP contribution in [-0.2, 0) is 14.3 Å². The second kappa shape index (κ2) is 13.0. The first-order chi connectivity index (χ1) is 16.7. The minimum absolute atomic E-state index is 0.00626. The molecule has 12 nitrogen and oxygen atoms in total. The van der Waals surface area contributed by atoms with Crippen LogP contribution >= 0.6 is 11.8 Å². The molecule has 1 aromatic heterocycles. The highest BCUT2D eigenvalue weighted by molar-refractivity contribution is 7.98. The van der Waals surface area contributed by atoms with Crippen LogP contribution in [0.1, 0.15) is 36.2 Å². The van der Waals surface area contributed by atoms with Gasteiger partial charge in [-0.3, -0.25) is 10.1 Å². The van der Waals surface area contributed by atoms with Crippen molar-refractivity contribution in [3.05, 3.63) is 39.4 Å². The Labute approximate surface area is 203 Å². The van der Waals surface area contributed by atoms with Gasteiger partial charge in [-0.2, -0.15) is 15.2 Å². The summed E-state index contributed by atoms with van der Waals surface area (Å²) in [6.07, 6.45) is 0.330. The summed E-state index contributed by atoms with van der Waals surface area (Å²) in [6.45, 7) is 2.06. The third-order valence-corrected chi connectivity index (χ3v) is 4.72. The molecular formula is C21H21FN4O8S. The molecule has 0 fully saturated rings. The van der Waals surface area contributed by atoms with E-state index in [0.717, 1.165) is 17.8 Å². The predicted molar refractivity (Wildman–Crippen MR) is 119 cm³/mol. The largest absolute Gasteiger partial charge is 0.463 e. The maximum atomic E-state index is 13.5. The average molecular weight is 508 g/mol. The first kappa shape index (κ1) is 27.3. The summed E-state index contributed by atoms with van der Waals surface area (Å²) in [5, 5.41) is 21.0. The molecule has 0 saturated carbocycles. The van der Waals surface area contributed by atoms with Gasteiger partial charge in [0.05, 0.1) is 23.2 Å². The third kappa shape index (κ3) is 7.51. The zero-order valence-electron chi connectivity index (χ0n) is 19.0. The number of nitro groups is 1. The van der Waals surface area contributed by atoms with E-state index in [9.17, 15) is 29.4 Å². The van der Waals surface area contributed by atoms with Gasteiger partial charge in [0.15, 0.2) is 11.8 Å². The molecule has 0 spiro atoms. The van der Waals surface area contributed by atoms with E-state index in [1.54, 1.807) is 20.1 Å². The molecule has 2 aromatic rings. The van der Waals surface area contributed by atoms with Gasteiger partial charge in [0, 0.05) is 0 Å². The standard InChI is InChI=1S/C21H21FN4O8S/c1-4-13(22)10-33-20(28)14-7-6-12(9-23)8-15(14)34-19-17(26(29)30)18(24-21(25-19)35-3)32-11-16(27)31-5-2/h6-8,13H,4-5,10-11H2,1-3H3. The van der Waals surface area contributed by atoms with Crippen LogP contribution < -0.4 is 9.47 Å². The molecule has 1 unspecified atom stereocenters. The normalized spacial score (nSPS) is 11.2. The number of nitriles is 1. The number of carbonyl (C=O) groups is 2. The van der Waals surface area contributed by atoms with Gasteiger partial charge in [0.1, 0.15) is 24.1 Å². The van der Waals surface area contributed by atoms with Gasteiger partial charge in [-0.1, -0.05) is 18.7 Å². The van der Waals surface area contributed by atoms with Crippen LogP contribution in [0.25, 0.3) is 0 Å². The number of alkyl halides is 1. The lowest BCUT2D eigenvalue weighted by atomic mass is 10.1. The number of carbonyl (C=O) groups excluding carboxylic acids is 2. The fraction of sp³-hybridized carbons (Fsp3) is 0.381. The van der Waals surface area contributed by atoms with Crippen LogP contribution in [0.2, 0.25) is 0 Å². The lowest BCUT2D eigenvalue weighted by molar-refractivity contribution is -0.387. The highest BCUT2D eigenvalue weighted by atomic mass is 32.2. The molecule has 0 amide bonds. The van der Waals surface area contributed by atoms with Gasteiger partial charge in [-0.15, -0.1) is 0 Å². The van der Waals surface area contributed by atoms with Gasteiger partial charge < -0.3 is 18.9 Å². The van der Waals surface area contributed by atoms with Crippen molar-refractivity contribution >= 4 is 29.4 Å². The zero-order chi connectivity index (χ0) is 26.0. The molecule has 1 heterocycles. The summed E-state index contributed by atoms with van der Waals surface area (Å²) in [4.78, 5) is 43.0. The number of hydrogen-bond donors (Lipinski definition) is 0. The minimum atomic E-state index is -1.38. The van der Waals surface area contributed by atoms with E-state index in [4.69, 9.17) is 18.9 Å². The van der Waals surface area contributed by atoms with Crippen LogP contribution in [0.15, 0.2) is 23.4 Å². The van der Waals surface area contributed by atoms with Crippen molar-refractivity contribution in [1.82, 2.24) is 9.97 Å². The van der Waals surface area contributed by atoms with E-state index in [-0.39, 0.29) is 35.1 Å². The van der Waals surface area contributed by atoms with E-state index in [2.05, 4.69) is 9.97 Å². The van der Waals surface area contributed by atoms with Crippen molar-refractivity contribution in [3.8, 4) is 23.6 Å². The molecule has 0 N–H and O–H groups in total. The number of benzene rings is 1. The Hall–Kier alpha value is -3.99. The van der Waals surface area contributed by atoms with Crippen molar-refractivity contribution in [2.45, 2.75) is 31.6 Å². The maximum absolute atomic E-state index is 13.5. The van der Waals surface area contributed by atoms with Crippen molar-refractivity contribution in [2.24, 2.45) is 0 Å². The average Bonchev–Trinajstić information content (AvgIpc) is 2.85. The SMILES string of the molecule is CCOC(=O)COc1nc(SC)nc(Oc2cc(C#N)ccc2C(=O)OCC(F)CC)c1[N+](=O)[O-]. The number of ether oxygens (including phenoxy) is 4. The Balaban J connectivity index is 2.51. The van der Waals surface area contributed by atoms with Crippen molar-refractivity contribution in [1.29, 1.82) is 5.26 Å². The predicted octanol–water partition coefficient (Wildman–Crippen LogP) is 3.62. The molecule has 35 heavy (non-hydrogen) atoms. The quantitative estimate of drug-likeness (QED) is 0.135. The van der Waals surface area contributed by atoms with Gasteiger partial charge >= 0.3 is 29.4 Å². The van der Waals surface area contributed by atoms with Crippen molar-refractivity contribution in [3.63, 3.8) is 0 Å². The smallest absolute Gasteiger partial charge is 0.392 e. The highest BCUT2D eigenvalue weighted by Crippen LogP contribution is 2.39. The molecule has 0 aliphatic carbocycles. The van der Waals surface area contributed by atoms with Crippen LogP contribution in [-0.4, -0.2) is 59.1 Å². The summed E-state index contributed by atoms with van der Waals surface area (Å²) in [5.74, 6) is -3.23. The van der Waals surface area contributed by atoms with Crippen molar-refractivity contribution < 1.29 is 37.9 Å². The fourth-order valence-electron chi connectivity index (χ4n) is 2.46. The first-order valence-corrected chi connectivity index (χ1v) is 11.4. The molecule has 1 atom stereocenters. The summed E-state index contributed by atoms with van der Waals surface area (Å²) in [6, 6.07) is 5.50. The monoisotopic (exact) mass is 508 g/mol. The molecule has 0 aliphatic rings. The number of aromatic nitrogens is 2. The number of nitrogens with zero attached hydrogens (tertiary/aromatic N) is 4. The summed E-state index contributed by atoms with van der Waals surface area (Å²) in [5.41, 5.74) is -0.988. The van der Waals surface area contributed by atoms with Crippen LogP contribution in [0.4, 0.5) is 10.1 Å². The number of thioether (sulfide) groups is 1. The fourth-order valence-corrected chi connectivity index (χ4v) is 2.80. The lowest BCUT2D eigenvalue weighted by Crippen LogP contribution is -2.16. The zero-order valence-corrected chi connectivity index (χ0v) is 19.8. The summed E-state index contributed by atoms with van der Waals surface area (Å²) >= 11 is 0.998. The Morgan fingerprint density at radius 1 is 1.26 bits per heavy atom. The summed E-state index contributed by atoms with van der Waals surface area (Å²) < 4.78 is 34.0. The minimum Gasteiger partial charge on any atom is -0.463 e. The molecule has 1 aromatic carbocycles. The van der Waals surface area contributed by atoms with Gasteiger partial charge in [0.25, 0.3) is 0 Å². The van der Waals surface area contributed by atoms with E-state index >= 15 is 0 Å². The molecule has 0 bridgehead atoms. The Morgan fingerprint density at radius 3 is 2.57 bits per heavy atom. The lowest BCUT2D eigenvalue weighted by Gasteiger charge is -2.13. The van der Waals surface area contributed by atoms with Gasteiger partial charge in [0.2, 0.25) is 0 Å². The number of halogens is 1. The topological polar surface area (TPSA) is 164 Å². The molecule has 2 rings (SSSR count). The first-order valence-electron chi connectivity index (χ1n) is 10.2. The molecule has 14 heteroatoms. The molecule has 0 aliphatic heterocycles. The Morgan fingerprint density at radius 2 is 1.97 bits per heavy atom. The Bertz CT molecular complexity index is 1140. The third-order valence-electron chi connectivity index (χ3n) is 4.17. The van der Waals surface area contributed by atoms with E-state index in [1.165, 1.54) is 12.1 Å². The van der Waals surface area contributed by atoms with Crippen LogP contribution in [0, 0.1) is 21.4 Å². The number of rotatable bonds is 12. The highest BCUT2D eigenvalue weighted by Gasteiger charge is 2.30. The van der Waals surface area contributed by atoms with E-state index < -0.39 is 53.7 Å². The summed E-state index contributed by atoms with van der Waals surface area (Å²) in [7, 11) is 0. The number of hydrogen-bond acceptors (Lipinski definition) is 12. The van der Waals surface area contributed by atoms with Gasteiger partial charge in [-0.05, 0) is 37.8 Å². The second-order valence-corrected chi connectivity index (χ2v) is 7.32.